The van der Waals surface area contributed by atoms with Gasteiger partial charge in [-0.15, -0.1) is 0 Å². The van der Waals surface area contributed by atoms with Gasteiger partial charge in [0.1, 0.15) is 5.75 Å². The van der Waals surface area contributed by atoms with E-state index in [4.69, 9.17) is 4.74 Å². The van der Waals surface area contributed by atoms with Gasteiger partial charge in [0.25, 0.3) is 0 Å². The highest BCUT2D eigenvalue weighted by Gasteiger charge is 2.31. The van der Waals surface area contributed by atoms with Crippen LogP contribution in [0.3, 0.4) is 0 Å². The van der Waals surface area contributed by atoms with Gasteiger partial charge in [-0.2, -0.15) is 0 Å². The fraction of sp³-hybridized carbons (Fsp3) is 0.529. The van der Waals surface area contributed by atoms with E-state index in [-0.39, 0.29) is 17.8 Å². The molecule has 1 amide bonds. The van der Waals surface area contributed by atoms with E-state index in [9.17, 15) is 9.59 Å². The van der Waals surface area contributed by atoms with Crippen molar-refractivity contribution in [1.29, 1.82) is 0 Å². The number of amides is 1. The Morgan fingerprint density at radius 2 is 2.10 bits per heavy atom. The van der Waals surface area contributed by atoms with Gasteiger partial charge in [0, 0.05) is 20.0 Å². The highest BCUT2D eigenvalue weighted by Crippen LogP contribution is 2.29. The number of benzene rings is 1. The molecule has 0 spiro atoms. The van der Waals surface area contributed by atoms with Crippen LogP contribution in [0.5, 0.6) is 5.75 Å². The summed E-state index contributed by atoms with van der Waals surface area (Å²) in [5.41, 5.74) is 1.06. The number of nitrogens with zero attached hydrogens (tertiary/aromatic N) is 1. The number of carbonyl (C=O) groups is 2. The number of carbonyl (C=O) groups excluding carboxylic acids is 2. The summed E-state index contributed by atoms with van der Waals surface area (Å²) in [6, 6.07) is 7.70. The number of hydrogen-bond acceptors (Lipinski definition) is 3. The Bertz CT molecular complexity index is 527. The van der Waals surface area contributed by atoms with E-state index < -0.39 is 0 Å². The Morgan fingerprint density at radius 1 is 1.38 bits per heavy atom. The van der Waals surface area contributed by atoms with Crippen LogP contribution in [0.15, 0.2) is 24.3 Å². The fourth-order valence-corrected chi connectivity index (χ4v) is 2.63. The first kappa shape index (κ1) is 15.5. The number of esters is 1. The van der Waals surface area contributed by atoms with Crippen molar-refractivity contribution in [3.8, 4) is 5.75 Å². The van der Waals surface area contributed by atoms with Crippen LogP contribution in [-0.4, -0.2) is 29.9 Å². The first-order valence-corrected chi connectivity index (χ1v) is 7.59. The summed E-state index contributed by atoms with van der Waals surface area (Å²) in [5.74, 6) is 0.586. The van der Waals surface area contributed by atoms with Crippen LogP contribution in [0, 0.1) is 5.92 Å². The topological polar surface area (TPSA) is 46.6 Å². The Kier molecular flexibility index (Phi) is 4.99. The average molecular weight is 289 g/mol. The lowest BCUT2D eigenvalue weighted by atomic mass is 9.98. The zero-order valence-electron chi connectivity index (χ0n) is 13.0. The minimum atomic E-state index is -0.227. The summed E-state index contributed by atoms with van der Waals surface area (Å²) in [6.45, 7) is 6.89. The van der Waals surface area contributed by atoms with E-state index >= 15 is 0 Å². The molecule has 4 nitrogen and oxygen atoms in total. The molecule has 1 aliphatic rings. The van der Waals surface area contributed by atoms with Gasteiger partial charge in [0.15, 0.2) is 0 Å². The predicted octanol–water partition coefficient (Wildman–Crippen LogP) is 2.97. The van der Waals surface area contributed by atoms with E-state index in [0.29, 0.717) is 31.2 Å². The number of ether oxygens (including phenoxy) is 1. The van der Waals surface area contributed by atoms with Crippen molar-refractivity contribution in [3.05, 3.63) is 29.8 Å². The molecule has 0 N–H and O–H groups in total. The van der Waals surface area contributed by atoms with E-state index in [1.165, 1.54) is 6.92 Å². The molecule has 4 heteroatoms. The van der Waals surface area contributed by atoms with Crippen molar-refractivity contribution in [3.63, 3.8) is 0 Å². The molecule has 1 heterocycles. The SMILES string of the molecule is CC[C@H](C)c1ccccc1OC(=O)[C@H]1CCN(C(C)=O)C1. The number of para-hydroxylation sites is 1. The molecule has 1 aromatic carbocycles. The second-order valence-electron chi connectivity index (χ2n) is 5.72. The van der Waals surface area contributed by atoms with Gasteiger partial charge in [-0.3, -0.25) is 9.59 Å². The molecule has 2 rings (SSSR count). The molecule has 0 radical (unpaired) electrons. The van der Waals surface area contributed by atoms with E-state index in [1.54, 1.807) is 4.90 Å². The monoisotopic (exact) mass is 289 g/mol. The Hall–Kier alpha value is -1.84. The lowest BCUT2D eigenvalue weighted by molar-refractivity contribution is -0.138. The predicted molar refractivity (Wildman–Crippen MR) is 81.1 cm³/mol. The van der Waals surface area contributed by atoms with Gasteiger partial charge in [0.05, 0.1) is 5.92 Å². The molecule has 114 valence electrons. The third kappa shape index (κ3) is 3.63. The van der Waals surface area contributed by atoms with E-state index in [0.717, 1.165) is 12.0 Å². The zero-order chi connectivity index (χ0) is 15.4. The van der Waals surface area contributed by atoms with Crippen LogP contribution in [-0.2, 0) is 9.59 Å². The van der Waals surface area contributed by atoms with Crippen molar-refractivity contribution in [2.24, 2.45) is 5.92 Å². The van der Waals surface area contributed by atoms with Crippen LogP contribution in [0.25, 0.3) is 0 Å². The van der Waals surface area contributed by atoms with Crippen molar-refractivity contribution >= 4 is 11.9 Å². The minimum Gasteiger partial charge on any atom is -0.426 e. The molecular formula is C17H23NO3. The highest BCUT2D eigenvalue weighted by molar-refractivity contribution is 5.79. The maximum Gasteiger partial charge on any atom is 0.316 e. The molecular weight excluding hydrogens is 266 g/mol. The molecule has 0 aromatic heterocycles. The van der Waals surface area contributed by atoms with Crippen LogP contribution in [0.4, 0.5) is 0 Å². The van der Waals surface area contributed by atoms with Crippen molar-refractivity contribution in [2.75, 3.05) is 13.1 Å². The normalized spacial score (nSPS) is 19.4. The van der Waals surface area contributed by atoms with E-state index in [2.05, 4.69) is 13.8 Å². The van der Waals surface area contributed by atoms with Gasteiger partial charge < -0.3 is 9.64 Å². The summed E-state index contributed by atoms with van der Waals surface area (Å²) >= 11 is 0. The van der Waals surface area contributed by atoms with Gasteiger partial charge in [-0.25, -0.2) is 0 Å². The highest BCUT2D eigenvalue weighted by atomic mass is 16.5. The molecule has 0 bridgehead atoms. The molecule has 21 heavy (non-hydrogen) atoms. The zero-order valence-corrected chi connectivity index (χ0v) is 13.0. The first-order valence-electron chi connectivity index (χ1n) is 7.59. The molecule has 1 fully saturated rings. The lowest BCUT2D eigenvalue weighted by Gasteiger charge is -2.17. The van der Waals surface area contributed by atoms with Crippen molar-refractivity contribution in [1.82, 2.24) is 4.90 Å². The summed E-state index contributed by atoms with van der Waals surface area (Å²) in [4.78, 5) is 25.3. The fourth-order valence-electron chi connectivity index (χ4n) is 2.63. The molecule has 0 aliphatic carbocycles. The minimum absolute atomic E-state index is 0.0188. The maximum absolute atomic E-state index is 12.3. The molecule has 1 saturated heterocycles. The standard InChI is InChI=1S/C17H23NO3/c1-4-12(2)15-7-5-6-8-16(15)21-17(20)14-9-10-18(11-14)13(3)19/h5-8,12,14H,4,9-11H2,1-3H3/t12-,14-/m0/s1. The van der Waals surface area contributed by atoms with Crippen LogP contribution >= 0.6 is 0 Å². The summed E-state index contributed by atoms with van der Waals surface area (Å²) in [6.07, 6.45) is 1.68. The van der Waals surface area contributed by atoms with Crippen LogP contribution in [0.1, 0.15) is 45.1 Å². The molecule has 1 aromatic rings. The maximum atomic E-state index is 12.3. The Morgan fingerprint density at radius 3 is 2.71 bits per heavy atom. The first-order chi connectivity index (χ1) is 10.0. The van der Waals surface area contributed by atoms with Gasteiger partial charge in [0.2, 0.25) is 5.91 Å². The molecule has 0 unspecified atom stereocenters. The Balaban J connectivity index is 2.05. The number of likely N-dealkylation sites (tertiary alicyclic amines) is 1. The second-order valence-corrected chi connectivity index (χ2v) is 5.72. The third-order valence-electron chi connectivity index (χ3n) is 4.24. The van der Waals surface area contributed by atoms with Crippen molar-refractivity contribution in [2.45, 2.75) is 39.5 Å². The molecule has 0 saturated carbocycles. The Labute approximate surface area is 126 Å². The van der Waals surface area contributed by atoms with Crippen molar-refractivity contribution < 1.29 is 14.3 Å². The number of hydrogen-bond donors (Lipinski definition) is 0. The third-order valence-corrected chi connectivity index (χ3v) is 4.24. The number of rotatable bonds is 4. The molecule has 2 atom stereocenters. The van der Waals surface area contributed by atoms with Gasteiger partial charge >= 0.3 is 5.97 Å². The largest absolute Gasteiger partial charge is 0.426 e. The van der Waals surface area contributed by atoms with Gasteiger partial charge in [-0.05, 0) is 30.4 Å². The smallest absolute Gasteiger partial charge is 0.316 e. The summed E-state index contributed by atoms with van der Waals surface area (Å²) in [7, 11) is 0. The van der Waals surface area contributed by atoms with Crippen LogP contribution < -0.4 is 4.74 Å². The average Bonchev–Trinajstić information content (AvgIpc) is 2.97. The quantitative estimate of drug-likeness (QED) is 0.632. The van der Waals surface area contributed by atoms with E-state index in [1.807, 2.05) is 24.3 Å². The second kappa shape index (κ2) is 6.74. The lowest BCUT2D eigenvalue weighted by Crippen LogP contribution is -2.29. The van der Waals surface area contributed by atoms with Gasteiger partial charge in [-0.1, -0.05) is 32.0 Å². The summed E-state index contributed by atoms with van der Waals surface area (Å²) in [5, 5.41) is 0. The molecule has 1 aliphatic heterocycles. The van der Waals surface area contributed by atoms with Crippen LogP contribution in [0.2, 0.25) is 0 Å². The summed E-state index contributed by atoms with van der Waals surface area (Å²) < 4.78 is 5.60.